The molecule has 1 N–H and O–H groups in total. The van der Waals surface area contributed by atoms with Gasteiger partial charge in [0.15, 0.2) is 0 Å². The largest absolute Gasteiger partial charge is 0.497 e. The molecule has 0 spiro atoms. The number of H-pyrrole nitrogens is 1. The molecular weight excluding hydrogens is 340 g/mol. The zero-order chi connectivity index (χ0) is 18.5. The van der Waals surface area contributed by atoms with E-state index in [-0.39, 0.29) is 5.97 Å². The third kappa shape index (κ3) is 2.59. The number of carbonyl (C=O) groups is 1. The van der Waals surface area contributed by atoms with Gasteiger partial charge in [-0.3, -0.25) is 4.90 Å². The number of aromatic nitrogens is 1. The molecule has 3 atom stereocenters. The molecule has 27 heavy (non-hydrogen) atoms. The van der Waals surface area contributed by atoms with Gasteiger partial charge in [-0.15, -0.1) is 0 Å². The number of piperidine rings is 1. The lowest BCUT2D eigenvalue weighted by Crippen LogP contribution is -2.47. The number of fused-ring (bicyclic) bond motifs is 6. The van der Waals surface area contributed by atoms with Gasteiger partial charge in [-0.2, -0.15) is 0 Å². The average Bonchev–Trinajstić information content (AvgIpc) is 3.09. The number of nitrogens with one attached hydrogen (secondary N) is 1. The summed E-state index contributed by atoms with van der Waals surface area (Å²) < 4.78 is 10.5. The lowest BCUT2D eigenvalue weighted by Gasteiger charge is -2.47. The van der Waals surface area contributed by atoms with Crippen LogP contribution in [-0.4, -0.2) is 43.2 Å². The second kappa shape index (κ2) is 6.41. The average molecular weight is 366 g/mol. The molecule has 1 aromatic carbocycles. The molecule has 1 aromatic heterocycles. The molecule has 5 rings (SSSR count). The maximum absolute atomic E-state index is 12.3. The molecule has 2 aromatic rings. The SMILES string of the molecule is COC(=O)C1=CCC[C@H]2CN3CCc4c([nH]c5cc(OC)ccc45)[C@@H]3C[C@H]12. The molecule has 1 aliphatic carbocycles. The Hall–Kier alpha value is -2.27. The minimum atomic E-state index is -0.143. The fourth-order valence-electron chi connectivity index (χ4n) is 5.51. The topological polar surface area (TPSA) is 54.6 Å². The van der Waals surface area contributed by atoms with Crippen molar-refractivity contribution >= 4 is 16.9 Å². The minimum Gasteiger partial charge on any atom is -0.497 e. The van der Waals surface area contributed by atoms with Crippen LogP contribution in [0.3, 0.4) is 0 Å². The fourth-order valence-corrected chi connectivity index (χ4v) is 5.51. The minimum absolute atomic E-state index is 0.143. The summed E-state index contributed by atoms with van der Waals surface area (Å²) in [5, 5.41) is 1.31. The van der Waals surface area contributed by atoms with Gasteiger partial charge in [0.05, 0.1) is 20.3 Å². The molecule has 0 bridgehead atoms. The lowest BCUT2D eigenvalue weighted by molar-refractivity contribution is -0.137. The van der Waals surface area contributed by atoms with Crippen molar-refractivity contribution in [3.05, 3.63) is 41.1 Å². The van der Waals surface area contributed by atoms with Gasteiger partial charge in [-0.1, -0.05) is 6.08 Å². The van der Waals surface area contributed by atoms with E-state index < -0.39 is 0 Å². The Balaban J connectivity index is 1.53. The first-order valence-corrected chi connectivity index (χ1v) is 9.90. The van der Waals surface area contributed by atoms with Crippen molar-refractivity contribution in [3.63, 3.8) is 0 Å². The highest BCUT2D eigenvalue weighted by atomic mass is 16.5. The number of nitrogens with zero attached hydrogens (tertiary/aromatic N) is 1. The molecule has 0 radical (unpaired) electrons. The quantitative estimate of drug-likeness (QED) is 0.825. The predicted octanol–water partition coefficient (Wildman–Crippen LogP) is 3.61. The van der Waals surface area contributed by atoms with Crippen molar-refractivity contribution in [2.24, 2.45) is 11.8 Å². The first kappa shape index (κ1) is 16.9. The Kier molecular flexibility index (Phi) is 4.01. The zero-order valence-corrected chi connectivity index (χ0v) is 16.0. The van der Waals surface area contributed by atoms with Gasteiger partial charge < -0.3 is 14.5 Å². The Morgan fingerprint density at radius 2 is 2.19 bits per heavy atom. The smallest absolute Gasteiger partial charge is 0.333 e. The summed E-state index contributed by atoms with van der Waals surface area (Å²) in [6, 6.07) is 6.65. The third-order valence-corrected chi connectivity index (χ3v) is 6.81. The molecule has 5 nitrogen and oxygen atoms in total. The molecule has 1 fully saturated rings. The Morgan fingerprint density at radius 1 is 1.30 bits per heavy atom. The van der Waals surface area contributed by atoms with Gasteiger partial charge in [-0.25, -0.2) is 4.79 Å². The summed E-state index contributed by atoms with van der Waals surface area (Å²) in [5.41, 5.74) is 4.82. The number of ether oxygens (including phenoxy) is 2. The van der Waals surface area contributed by atoms with Crippen LogP contribution in [0.2, 0.25) is 0 Å². The van der Waals surface area contributed by atoms with E-state index in [0.717, 1.165) is 49.2 Å². The van der Waals surface area contributed by atoms with E-state index in [9.17, 15) is 4.79 Å². The van der Waals surface area contributed by atoms with Crippen LogP contribution in [-0.2, 0) is 16.0 Å². The molecule has 0 saturated carbocycles. The van der Waals surface area contributed by atoms with E-state index in [0.29, 0.717) is 17.9 Å². The van der Waals surface area contributed by atoms with Crippen LogP contribution in [0.4, 0.5) is 0 Å². The summed E-state index contributed by atoms with van der Waals surface area (Å²) in [5.74, 6) is 1.60. The maximum Gasteiger partial charge on any atom is 0.333 e. The summed E-state index contributed by atoms with van der Waals surface area (Å²) in [4.78, 5) is 18.6. The molecule has 2 aliphatic heterocycles. The number of esters is 1. The number of hydrogen-bond acceptors (Lipinski definition) is 4. The van der Waals surface area contributed by atoms with Crippen LogP contribution in [0.1, 0.15) is 36.6 Å². The molecule has 1 saturated heterocycles. The van der Waals surface area contributed by atoms with Crippen LogP contribution in [0.5, 0.6) is 5.75 Å². The summed E-state index contributed by atoms with van der Waals surface area (Å²) in [6.45, 7) is 2.17. The van der Waals surface area contributed by atoms with E-state index in [4.69, 9.17) is 9.47 Å². The van der Waals surface area contributed by atoms with Crippen molar-refractivity contribution in [1.82, 2.24) is 9.88 Å². The normalized spacial score (nSPS) is 27.3. The Labute approximate surface area is 159 Å². The molecule has 0 unspecified atom stereocenters. The number of hydrogen-bond donors (Lipinski definition) is 1. The Morgan fingerprint density at radius 3 is 3.00 bits per heavy atom. The number of allylic oxidation sites excluding steroid dienone is 1. The molecule has 3 aliphatic rings. The summed E-state index contributed by atoms with van der Waals surface area (Å²) >= 11 is 0. The highest BCUT2D eigenvalue weighted by Gasteiger charge is 2.43. The highest BCUT2D eigenvalue weighted by molar-refractivity contribution is 5.89. The first-order chi connectivity index (χ1) is 13.2. The van der Waals surface area contributed by atoms with Crippen LogP contribution < -0.4 is 4.74 Å². The van der Waals surface area contributed by atoms with Gasteiger partial charge in [0.1, 0.15) is 5.75 Å². The lowest BCUT2D eigenvalue weighted by atomic mass is 9.70. The van der Waals surface area contributed by atoms with Gasteiger partial charge in [0, 0.05) is 41.3 Å². The van der Waals surface area contributed by atoms with E-state index in [2.05, 4.69) is 28.1 Å². The predicted molar refractivity (Wildman–Crippen MR) is 104 cm³/mol. The van der Waals surface area contributed by atoms with Crippen LogP contribution in [0, 0.1) is 11.8 Å². The van der Waals surface area contributed by atoms with Crippen LogP contribution >= 0.6 is 0 Å². The molecular formula is C22H26N2O3. The number of rotatable bonds is 2. The van der Waals surface area contributed by atoms with E-state index in [1.165, 1.54) is 30.2 Å². The van der Waals surface area contributed by atoms with Crippen molar-refractivity contribution in [1.29, 1.82) is 0 Å². The fraction of sp³-hybridized carbons (Fsp3) is 0.500. The van der Waals surface area contributed by atoms with Gasteiger partial charge in [-0.05, 0) is 55.2 Å². The van der Waals surface area contributed by atoms with E-state index in [1.807, 2.05) is 6.07 Å². The summed E-state index contributed by atoms with van der Waals surface area (Å²) in [6.07, 6.45) is 6.34. The van der Waals surface area contributed by atoms with Crippen molar-refractivity contribution in [2.75, 3.05) is 27.3 Å². The van der Waals surface area contributed by atoms with Crippen LogP contribution in [0.25, 0.3) is 10.9 Å². The molecule has 5 heteroatoms. The van der Waals surface area contributed by atoms with Crippen molar-refractivity contribution < 1.29 is 14.3 Å². The number of carbonyl (C=O) groups excluding carboxylic acids is 1. The molecule has 142 valence electrons. The standard InChI is InChI=1S/C22H26N2O3/c1-26-14-6-7-15-16-8-9-24-12-13-4-3-5-17(22(25)27-2)18(13)11-20(24)21(16)23-19(15)10-14/h5-7,10,13,18,20,23H,3-4,8-9,11-12H2,1-2H3/t13-,18-,20-/m0/s1. The Bertz CT molecular complexity index is 929. The monoisotopic (exact) mass is 366 g/mol. The first-order valence-electron chi connectivity index (χ1n) is 9.90. The third-order valence-electron chi connectivity index (χ3n) is 6.81. The second-order valence-electron chi connectivity index (χ2n) is 8.02. The highest BCUT2D eigenvalue weighted by Crippen LogP contribution is 2.47. The van der Waals surface area contributed by atoms with Crippen LogP contribution in [0.15, 0.2) is 29.8 Å². The molecule has 0 amide bonds. The van der Waals surface area contributed by atoms with E-state index in [1.54, 1.807) is 7.11 Å². The van der Waals surface area contributed by atoms with Crippen molar-refractivity contribution in [2.45, 2.75) is 31.7 Å². The second-order valence-corrected chi connectivity index (χ2v) is 8.02. The number of benzene rings is 1. The number of methoxy groups -OCH3 is 2. The van der Waals surface area contributed by atoms with Gasteiger partial charge >= 0.3 is 5.97 Å². The molecule has 3 heterocycles. The van der Waals surface area contributed by atoms with E-state index >= 15 is 0 Å². The van der Waals surface area contributed by atoms with Gasteiger partial charge in [0.2, 0.25) is 0 Å². The summed E-state index contributed by atoms with van der Waals surface area (Å²) in [7, 11) is 3.20. The maximum atomic E-state index is 12.3. The van der Waals surface area contributed by atoms with Gasteiger partial charge in [0.25, 0.3) is 0 Å². The number of aromatic amines is 1. The zero-order valence-electron chi connectivity index (χ0n) is 16.0. The van der Waals surface area contributed by atoms with Crippen molar-refractivity contribution in [3.8, 4) is 5.75 Å².